The molecule has 1 amide bonds. The van der Waals surface area contributed by atoms with Gasteiger partial charge in [0.25, 0.3) is 5.91 Å². The SMILES string of the molecule is Cc1cccc(C)c1NC(=O)COc1ccc2ccccc2c1Br. The molecule has 3 nitrogen and oxygen atoms in total. The Balaban J connectivity index is 1.72. The van der Waals surface area contributed by atoms with E-state index in [-0.39, 0.29) is 12.5 Å². The van der Waals surface area contributed by atoms with Crippen LogP contribution in [0.15, 0.2) is 59.1 Å². The van der Waals surface area contributed by atoms with Gasteiger partial charge in [0.15, 0.2) is 6.61 Å². The Labute approximate surface area is 149 Å². The third-order valence-electron chi connectivity index (χ3n) is 3.93. The minimum Gasteiger partial charge on any atom is -0.483 e. The first-order chi connectivity index (χ1) is 11.6. The first-order valence-corrected chi connectivity index (χ1v) is 8.51. The molecule has 0 atom stereocenters. The summed E-state index contributed by atoms with van der Waals surface area (Å²) in [5.74, 6) is 0.484. The van der Waals surface area contributed by atoms with Gasteiger partial charge in [0.1, 0.15) is 5.75 Å². The molecule has 122 valence electrons. The monoisotopic (exact) mass is 383 g/mol. The Hall–Kier alpha value is -2.33. The molecule has 0 heterocycles. The van der Waals surface area contributed by atoms with Crippen LogP contribution in [0.25, 0.3) is 10.8 Å². The highest BCUT2D eigenvalue weighted by atomic mass is 79.9. The number of halogens is 1. The molecule has 0 spiro atoms. The van der Waals surface area contributed by atoms with Gasteiger partial charge in [-0.1, -0.05) is 48.5 Å². The highest BCUT2D eigenvalue weighted by molar-refractivity contribution is 9.10. The number of aryl methyl sites for hydroxylation is 2. The number of benzene rings is 3. The number of carbonyl (C=O) groups excluding carboxylic acids is 1. The Morgan fingerprint density at radius 3 is 2.46 bits per heavy atom. The van der Waals surface area contributed by atoms with E-state index < -0.39 is 0 Å². The van der Waals surface area contributed by atoms with E-state index in [4.69, 9.17) is 4.74 Å². The van der Waals surface area contributed by atoms with Crippen molar-refractivity contribution in [1.82, 2.24) is 0 Å². The van der Waals surface area contributed by atoms with E-state index in [1.807, 2.05) is 68.4 Å². The number of fused-ring (bicyclic) bond motifs is 1. The smallest absolute Gasteiger partial charge is 0.262 e. The highest BCUT2D eigenvalue weighted by Crippen LogP contribution is 2.33. The van der Waals surface area contributed by atoms with E-state index in [0.717, 1.165) is 32.1 Å². The number of hydrogen-bond donors (Lipinski definition) is 1. The average molecular weight is 384 g/mol. The van der Waals surface area contributed by atoms with Crippen LogP contribution in [0, 0.1) is 13.8 Å². The van der Waals surface area contributed by atoms with Crippen molar-refractivity contribution in [2.24, 2.45) is 0 Å². The van der Waals surface area contributed by atoms with Gasteiger partial charge in [-0.25, -0.2) is 0 Å². The molecule has 0 unspecified atom stereocenters. The highest BCUT2D eigenvalue weighted by Gasteiger charge is 2.10. The summed E-state index contributed by atoms with van der Waals surface area (Å²) in [6.07, 6.45) is 0. The molecular weight excluding hydrogens is 366 g/mol. The molecular formula is C20H18BrNO2. The summed E-state index contributed by atoms with van der Waals surface area (Å²) in [7, 11) is 0. The van der Waals surface area contributed by atoms with Crippen molar-refractivity contribution in [3.8, 4) is 5.75 Å². The quantitative estimate of drug-likeness (QED) is 0.668. The maximum absolute atomic E-state index is 12.2. The van der Waals surface area contributed by atoms with Gasteiger partial charge >= 0.3 is 0 Å². The zero-order valence-corrected chi connectivity index (χ0v) is 15.2. The number of anilines is 1. The van der Waals surface area contributed by atoms with E-state index in [1.165, 1.54) is 0 Å². The molecule has 0 bridgehead atoms. The zero-order valence-electron chi connectivity index (χ0n) is 13.6. The van der Waals surface area contributed by atoms with Crippen LogP contribution in [0.3, 0.4) is 0 Å². The maximum atomic E-state index is 12.2. The van der Waals surface area contributed by atoms with Crippen LogP contribution in [-0.2, 0) is 4.79 Å². The van der Waals surface area contributed by atoms with Crippen molar-refractivity contribution in [3.05, 3.63) is 70.2 Å². The molecule has 3 aromatic rings. The third kappa shape index (κ3) is 3.44. The second-order valence-corrected chi connectivity index (χ2v) is 6.50. The third-order valence-corrected chi connectivity index (χ3v) is 4.75. The number of para-hydroxylation sites is 1. The summed E-state index contributed by atoms with van der Waals surface area (Å²) in [6.45, 7) is 3.91. The van der Waals surface area contributed by atoms with E-state index in [9.17, 15) is 4.79 Å². The summed E-state index contributed by atoms with van der Waals surface area (Å²) in [5, 5.41) is 5.11. The fraction of sp³-hybridized carbons (Fsp3) is 0.150. The van der Waals surface area contributed by atoms with Gasteiger partial charge in [0, 0.05) is 5.69 Å². The normalized spacial score (nSPS) is 10.6. The Kier molecular flexibility index (Phi) is 4.86. The second kappa shape index (κ2) is 7.05. The topological polar surface area (TPSA) is 38.3 Å². The predicted octanol–water partition coefficient (Wildman–Crippen LogP) is 5.24. The van der Waals surface area contributed by atoms with Crippen LogP contribution in [0.5, 0.6) is 5.75 Å². The fourth-order valence-electron chi connectivity index (χ4n) is 2.66. The Morgan fingerprint density at radius 2 is 1.71 bits per heavy atom. The summed E-state index contributed by atoms with van der Waals surface area (Å²) < 4.78 is 6.56. The Morgan fingerprint density at radius 1 is 1.00 bits per heavy atom. The van der Waals surface area contributed by atoms with Crippen molar-refractivity contribution in [1.29, 1.82) is 0 Å². The van der Waals surface area contributed by atoms with Crippen LogP contribution in [0.2, 0.25) is 0 Å². The molecule has 3 aromatic carbocycles. The lowest BCUT2D eigenvalue weighted by molar-refractivity contribution is -0.118. The van der Waals surface area contributed by atoms with Crippen LogP contribution in [-0.4, -0.2) is 12.5 Å². The van der Waals surface area contributed by atoms with Gasteiger partial charge in [-0.15, -0.1) is 0 Å². The van der Waals surface area contributed by atoms with E-state index in [0.29, 0.717) is 5.75 Å². The number of rotatable bonds is 4. The van der Waals surface area contributed by atoms with Gasteiger partial charge in [-0.3, -0.25) is 4.79 Å². The molecule has 0 radical (unpaired) electrons. The number of carbonyl (C=O) groups is 1. The molecule has 0 saturated heterocycles. The van der Waals surface area contributed by atoms with Crippen molar-refractivity contribution < 1.29 is 9.53 Å². The largest absolute Gasteiger partial charge is 0.483 e. The lowest BCUT2D eigenvalue weighted by Crippen LogP contribution is -2.21. The fourth-order valence-corrected chi connectivity index (χ4v) is 3.26. The first kappa shape index (κ1) is 16.5. The molecule has 1 N–H and O–H groups in total. The zero-order chi connectivity index (χ0) is 17.1. The second-order valence-electron chi connectivity index (χ2n) is 5.70. The predicted molar refractivity (Wildman–Crippen MR) is 102 cm³/mol. The van der Waals surface area contributed by atoms with Crippen molar-refractivity contribution in [3.63, 3.8) is 0 Å². The average Bonchev–Trinajstić information content (AvgIpc) is 2.58. The minimum absolute atomic E-state index is 0.0370. The number of nitrogens with one attached hydrogen (secondary N) is 1. The molecule has 24 heavy (non-hydrogen) atoms. The standard InChI is InChI=1S/C20H18BrNO2/c1-13-6-5-7-14(2)20(13)22-18(23)12-24-17-11-10-15-8-3-4-9-16(15)19(17)21/h3-11H,12H2,1-2H3,(H,22,23). The molecule has 4 heteroatoms. The molecule has 0 fully saturated rings. The lowest BCUT2D eigenvalue weighted by Gasteiger charge is -2.13. The summed E-state index contributed by atoms with van der Waals surface area (Å²) in [6, 6.07) is 17.8. The van der Waals surface area contributed by atoms with Gasteiger partial charge in [-0.2, -0.15) is 0 Å². The van der Waals surface area contributed by atoms with Gasteiger partial charge in [-0.05, 0) is 57.7 Å². The van der Waals surface area contributed by atoms with Crippen molar-refractivity contribution in [2.45, 2.75) is 13.8 Å². The summed E-state index contributed by atoms with van der Waals surface area (Å²) in [4.78, 5) is 12.2. The van der Waals surface area contributed by atoms with Gasteiger partial charge in [0.2, 0.25) is 0 Å². The Bertz CT molecular complexity index is 885. The van der Waals surface area contributed by atoms with E-state index in [2.05, 4.69) is 21.2 Å². The number of amides is 1. The molecule has 3 rings (SSSR count). The molecule has 0 aliphatic heterocycles. The molecule has 0 saturated carbocycles. The van der Waals surface area contributed by atoms with Crippen LogP contribution in [0.1, 0.15) is 11.1 Å². The van der Waals surface area contributed by atoms with E-state index in [1.54, 1.807) is 0 Å². The van der Waals surface area contributed by atoms with Crippen molar-refractivity contribution >= 4 is 38.3 Å². The summed E-state index contributed by atoms with van der Waals surface area (Å²) in [5.41, 5.74) is 2.93. The first-order valence-electron chi connectivity index (χ1n) is 7.72. The molecule has 0 aliphatic carbocycles. The van der Waals surface area contributed by atoms with E-state index >= 15 is 0 Å². The van der Waals surface area contributed by atoms with Crippen LogP contribution in [0.4, 0.5) is 5.69 Å². The van der Waals surface area contributed by atoms with Crippen LogP contribution >= 0.6 is 15.9 Å². The number of hydrogen-bond acceptors (Lipinski definition) is 2. The van der Waals surface area contributed by atoms with Crippen molar-refractivity contribution in [2.75, 3.05) is 11.9 Å². The van der Waals surface area contributed by atoms with Gasteiger partial charge < -0.3 is 10.1 Å². The number of ether oxygens (including phenoxy) is 1. The van der Waals surface area contributed by atoms with Gasteiger partial charge in [0.05, 0.1) is 4.47 Å². The molecule has 0 aliphatic rings. The molecule has 0 aromatic heterocycles. The minimum atomic E-state index is -0.174. The maximum Gasteiger partial charge on any atom is 0.262 e. The lowest BCUT2D eigenvalue weighted by atomic mass is 10.1. The van der Waals surface area contributed by atoms with Crippen LogP contribution < -0.4 is 10.1 Å². The summed E-state index contributed by atoms with van der Waals surface area (Å²) >= 11 is 3.57.